The lowest BCUT2D eigenvalue weighted by molar-refractivity contribution is 0.475. The molecular weight excluding hydrogens is 174 g/mol. The molecule has 0 saturated heterocycles. The van der Waals surface area contributed by atoms with Crippen LogP contribution in [0.4, 0.5) is 11.4 Å². The van der Waals surface area contributed by atoms with Gasteiger partial charge in [0.25, 0.3) is 0 Å². The maximum absolute atomic E-state index is 9.09. The van der Waals surface area contributed by atoms with Crippen LogP contribution in [-0.4, -0.2) is 5.11 Å². The number of benzene rings is 2. The first-order valence-electron chi connectivity index (χ1n) is 4.37. The zero-order valence-corrected chi connectivity index (χ0v) is 7.57. The molecule has 0 bridgehead atoms. The van der Waals surface area contributed by atoms with Crippen molar-refractivity contribution in [2.75, 3.05) is 5.32 Å². The highest BCUT2D eigenvalue weighted by Crippen LogP contribution is 2.18. The van der Waals surface area contributed by atoms with Gasteiger partial charge < -0.3 is 10.4 Å². The van der Waals surface area contributed by atoms with Crippen LogP contribution >= 0.6 is 0 Å². The summed E-state index contributed by atoms with van der Waals surface area (Å²) in [5.74, 6) is 0.275. The van der Waals surface area contributed by atoms with Gasteiger partial charge in [-0.25, -0.2) is 0 Å². The van der Waals surface area contributed by atoms with E-state index in [1.165, 1.54) is 0 Å². The van der Waals surface area contributed by atoms with Crippen molar-refractivity contribution in [3.05, 3.63) is 54.6 Å². The summed E-state index contributed by atoms with van der Waals surface area (Å²) in [5.41, 5.74) is 1.96. The van der Waals surface area contributed by atoms with E-state index >= 15 is 0 Å². The third kappa shape index (κ3) is 2.04. The minimum atomic E-state index is 0.275. The molecule has 0 fully saturated rings. The fourth-order valence-electron chi connectivity index (χ4n) is 1.18. The SMILES string of the molecule is Oc1ccc(Nc2cc[c]cc2)cc1. The van der Waals surface area contributed by atoms with Crippen molar-refractivity contribution in [3.8, 4) is 5.75 Å². The molecular formula is C12H10NO. The number of hydrogen-bond acceptors (Lipinski definition) is 2. The number of rotatable bonds is 2. The van der Waals surface area contributed by atoms with Gasteiger partial charge in [0.05, 0.1) is 0 Å². The van der Waals surface area contributed by atoms with E-state index in [2.05, 4.69) is 11.4 Å². The second kappa shape index (κ2) is 3.83. The molecule has 2 nitrogen and oxygen atoms in total. The number of phenolic OH excluding ortho intramolecular Hbond substituents is 1. The van der Waals surface area contributed by atoms with Gasteiger partial charge in [0.1, 0.15) is 5.75 Å². The first kappa shape index (κ1) is 8.63. The summed E-state index contributed by atoms with van der Waals surface area (Å²) in [4.78, 5) is 0. The van der Waals surface area contributed by atoms with E-state index in [0.717, 1.165) is 11.4 Å². The zero-order valence-electron chi connectivity index (χ0n) is 7.57. The van der Waals surface area contributed by atoms with Gasteiger partial charge in [-0.3, -0.25) is 0 Å². The van der Waals surface area contributed by atoms with Gasteiger partial charge in [0, 0.05) is 11.4 Å². The van der Waals surface area contributed by atoms with Crippen molar-refractivity contribution < 1.29 is 5.11 Å². The van der Waals surface area contributed by atoms with Gasteiger partial charge in [0.2, 0.25) is 0 Å². The largest absolute Gasteiger partial charge is 0.508 e. The lowest BCUT2D eigenvalue weighted by Gasteiger charge is -2.05. The highest BCUT2D eigenvalue weighted by molar-refractivity contribution is 5.59. The molecule has 2 N–H and O–H groups in total. The Kier molecular flexibility index (Phi) is 2.36. The van der Waals surface area contributed by atoms with Crippen molar-refractivity contribution in [2.45, 2.75) is 0 Å². The Balaban J connectivity index is 2.16. The van der Waals surface area contributed by atoms with Crippen LogP contribution in [0.15, 0.2) is 48.5 Å². The fraction of sp³-hybridized carbons (Fsp3) is 0. The molecule has 2 aromatic carbocycles. The Morgan fingerprint density at radius 1 is 0.857 bits per heavy atom. The number of anilines is 2. The minimum Gasteiger partial charge on any atom is -0.508 e. The lowest BCUT2D eigenvalue weighted by atomic mass is 10.2. The van der Waals surface area contributed by atoms with Gasteiger partial charge in [-0.15, -0.1) is 0 Å². The highest BCUT2D eigenvalue weighted by atomic mass is 16.3. The lowest BCUT2D eigenvalue weighted by Crippen LogP contribution is -1.88. The second-order valence-electron chi connectivity index (χ2n) is 2.96. The topological polar surface area (TPSA) is 32.3 Å². The molecule has 2 aromatic rings. The molecule has 0 amide bonds. The van der Waals surface area contributed by atoms with Gasteiger partial charge in [-0.05, 0) is 42.5 Å². The molecule has 0 atom stereocenters. The van der Waals surface area contributed by atoms with E-state index in [1.54, 1.807) is 12.1 Å². The van der Waals surface area contributed by atoms with Crippen LogP contribution in [0.5, 0.6) is 5.75 Å². The Morgan fingerprint density at radius 3 is 2.07 bits per heavy atom. The first-order chi connectivity index (χ1) is 6.84. The predicted molar refractivity (Wildman–Crippen MR) is 56.7 cm³/mol. The Labute approximate surface area is 82.8 Å². The average molecular weight is 184 g/mol. The molecule has 0 heterocycles. The second-order valence-corrected chi connectivity index (χ2v) is 2.96. The van der Waals surface area contributed by atoms with Crippen molar-refractivity contribution >= 4 is 11.4 Å². The third-order valence-corrected chi connectivity index (χ3v) is 1.87. The summed E-state index contributed by atoms with van der Waals surface area (Å²) >= 11 is 0. The van der Waals surface area contributed by atoms with Crippen molar-refractivity contribution in [1.82, 2.24) is 0 Å². The number of hydrogen-bond donors (Lipinski definition) is 2. The van der Waals surface area contributed by atoms with Crippen LogP contribution in [0.2, 0.25) is 0 Å². The summed E-state index contributed by atoms with van der Waals surface area (Å²) in [5, 5.41) is 12.3. The van der Waals surface area contributed by atoms with Crippen LogP contribution in [0, 0.1) is 6.07 Å². The highest BCUT2D eigenvalue weighted by Gasteiger charge is 1.92. The van der Waals surface area contributed by atoms with Crippen LogP contribution in [-0.2, 0) is 0 Å². The molecule has 14 heavy (non-hydrogen) atoms. The fourth-order valence-corrected chi connectivity index (χ4v) is 1.18. The maximum Gasteiger partial charge on any atom is 0.115 e. The third-order valence-electron chi connectivity index (χ3n) is 1.87. The summed E-state index contributed by atoms with van der Waals surface area (Å²) in [6.07, 6.45) is 0. The quantitative estimate of drug-likeness (QED) is 0.703. The first-order valence-corrected chi connectivity index (χ1v) is 4.37. The molecule has 2 rings (SSSR count). The van der Waals surface area contributed by atoms with Crippen LogP contribution in [0.3, 0.4) is 0 Å². The van der Waals surface area contributed by atoms with Crippen molar-refractivity contribution in [3.63, 3.8) is 0 Å². The van der Waals surface area contributed by atoms with Crippen LogP contribution < -0.4 is 5.32 Å². The molecule has 0 unspecified atom stereocenters. The van der Waals surface area contributed by atoms with E-state index in [-0.39, 0.29) is 5.75 Å². The van der Waals surface area contributed by atoms with Crippen LogP contribution in [0.25, 0.3) is 0 Å². The molecule has 1 radical (unpaired) electrons. The number of nitrogens with one attached hydrogen (secondary N) is 1. The Hall–Kier alpha value is -1.96. The van der Waals surface area contributed by atoms with E-state index in [4.69, 9.17) is 5.11 Å². The molecule has 2 heteroatoms. The summed E-state index contributed by atoms with van der Waals surface area (Å²) in [6.45, 7) is 0. The molecule has 0 aromatic heterocycles. The smallest absolute Gasteiger partial charge is 0.115 e. The Bertz CT molecular complexity index is 394. The normalized spacial score (nSPS) is 9.71. The van der Waals surface area contributed by atoms with Crippen molar-refractivity contribution in [2.24, 2.45) is 0 Å². The molecule has 0 aliphatic carbocycles. The summed E-state index contributed by atoms with van der Waals surface area (Å²) < 4.78 is 0. The molecule has 69 valence electrons. The summed E-state index contributed by atoms with van der Waals surface area (Å²) in [6, 6.07) is 17.5. The summed E-state index contributed by atoms with van der Waals surface area (Å²) in [7, 11) is 0. The van der Waals surface area contributed by atoms with E-state index in [9.17, 15) is 0 Å². The van der Waals surface area contributed by atoms with E-state index in [0.29, 0.717) is 0 Å². The van der Waals surface area contributed by atoms with Gasteiger partial charge >= 0.3 is 0 Å². The molecule has 0 aliphatic heterocycles. The average Bonchev–Trinajstić information content (AvgIpc) is 2.23. The van der Waals surface area contributed by atoms with Gasteiger partial charge in [-0.2, -0.15) is 0 Å². The van der Waals surface area contributed by atoms with Gasteiger partial charge in [-0.1, -0.05) is 12.1 Å². The van der Waals surface area contributed by atoms with Gasteiger partial charge in [0.15, 0.2) is 0 Å². The Morgan fingerprint density at radius 2 is 1.43 bits per heavy atom. The number of aromatic hydroxyl groups is 1. The minimum absolute atomic E-state index is 0.275. The number of phenols is 1. The monoisotopic (exact) mass is 184 g/mol. The zero-order chi connectivity index (χ0) is 9.80. The molecule has 0 aliphatic rings. The van der Waals surface area contributed by atoms with Crippen molar-refractivity contribution in [1.29, 1.82) is 0 Å². The van der Waals surface area contributed by atoms with E-state index in [1.807, 2.05) is 36.4 Å². The standard InChI is InChI=1S/C12H10NO/c14-12-8-6-11(7-9-12)13-10-4-2-1-3-5-10/h2-9,13-14H. The molecule has 0 saturated carbocycles. The van der Waals surface area contributed by atoms with Crippen LogP contribution in [0.1, 0.15) is 0 Å². The van der Waals surface area contributed by atoms with E-state index < -0.39 is 0 Å². The predicted octanol–water partition coefficient (Wildman–Crippen LogP) is 2.94. The maximum atomic E-state index is 9.09. The molecule has 0 spiro atoms.